The Morgan fingerprint density at radius 2 is 1.21 bits per heavy atom. The molecule has 2 aliphatic heterocycles. The summed E-state index contributed by atoms with van der Waals surface area (Å²) in [4.78, 5) is 140. The minimum atomic E-state index is -1.57. The van der Waals surface area contributed by atoms with Crippen molar-refractivity contribution in [2.45, 2.75) is 152 Å². The van der Waals surface area contributed by atoms with Gasteiger partial charge in [0.25, 0.3) is 0 Å². The highest BCUT2D eigenvalue weighted by Crippen LogP contribution is 2.23. The maximum absolute atomic E-state index is 14.3. The van der Waals surface area contributed by atoms with E-state index in [0.717, 1.165) is 34.4 Å². The van der Waals surface area contributed by atoms with Crippen LogP contribution < -0.4 is 49.1 Å². The number of carboxylic acid groups (broad SMARTS) is 1. The zero-order chi connectivity index (χ0) is 59.3. The quantitative estimate of drug-likeness (QED) is 0.0375. The van der Waals surface area contributed by atoms with Crippen LogP contribution in [0.3, 0.4) is 0 Å². The van der Waals surface area contributed by atoms with Crippen LogP contribution in [0, 0.1) is 11.8 Å². The van der Waals surface area contributed by atoms with Crippen LogP contribution >= 0.6 is 23.5 Å². The zero-order valence-corrected chi connectivity index (χ0v) is 48.2. The number of primary amides is 2. The molecule has 81 heavy (non-hydrogen) atoms. The van der Waals surface area contributed by atoms with E-state index in [4.69, 9.17) is 17.2 Å². The molecule has 2 fully saturated rings. The van der Waals surface area contributed by atoms with Gasteiger partial charge in [0.1, 0.15) is 42.3 Å². The predicted molar refractivity (Wildman–Crippen MR) is 306 cm³/mol. The van der Waals surface area contributed by atoms with E-state index >= 15 is 0 Å². The number of imidazole rings is 1. The van der Waals surface area contributed by atoms with E-state index in [1.807, 2.05) is 24.3 Å². The summed E-state index contributed by atoms with van der Waals surface area (Å²) >= 11 is 3.03. The van der Waals surface area contributed by atoms with Crippen molar-refractivity contribution < 1.29 is 53.1 Å². The Kier molecular flexibility index (Phi) is 25.5. The minimum absolute atomic E-state index is 0.0824. The monoisotopic (exact) mass is 1160 g/mol. The van der Waals surface area contributed by atoms with Gasteiger partial charge in [0.05, 0.1) is 18.8 Å². The molecule has 14 N–H and O–H groups in total. The molecular formula is C55H79N13O11S2. The topological polar surface area (TPSA) is 376 Å². The smallest absolute Gasteiger partial charge is 0.305 e. The Balaban J connectivity index is 1.13. The van der Waals surface area contributed by atoms with Gasteiger partial charge in [-0.05, 0) is 66.7 Å². The second kappa shape index (κ2) is 31.8. The third kappa shape index (κ3) is 20.2. The molecule has 2 aliphatic rings. The van der Waals surface area contributed by atoms with Crippen molar-refractivity contribution >= 4 is 82.7 Å². The van der Waals surface area contributed by atoms with Crippen LogP contribution in [0.5, 0.6) is 0 Å². The molecule has 0 bridgehead atoms. The second-order valence-electron chi connectivity index (χ2n) is 21.1. The number of nitrogens with two attached hydrogens (primary N) is 3. The molecule has 9 amide bonds. The van der Waals surface area contributed by atoms with Crippen LogP contribution in [0.15, 0.2) is 61.1 Å². The third-order valence-electron chi connectivity index (χ3n) is 13.9. The first-order chi connectivity index (χ1) is 38.5. The summed E-state index contributed by atoms with van der Waals surface area (Å²) in [6.45, 7) is 10.2. The number of thioether (sulfide) groups is 2. The average Bonchev–Trinajstić information content (AvgIpc) is 4.25. The van der Waals surface area contributed by atoms with Gasteiger partial charge in [-0.15, -0.1) is 0 Å². The van der Waals surface area contributed by atoms with Gasteiger partial charge in [-0.3, -0.25) is 47.9 Å². The number of benzene rings is 2. The number of rotatable bonds is 32. The molecule has 0 unspecified atom stereocenters. The molecule has 0 saturated carbocycles. The molecule has 0 spiro atoms. The van der Waals surface area contributed by atoms with E-state index in [-0.39, 0.29) is 36.5 Å². The van der Waals surface area contributed by atoms with Crippen molar-refractivity contribution in [2.24, 2.45) is 29.0 Å². The second-order valence-corrected chi connectivity index (χ2v) is 23.2. The largest absolute Gasteiger partial charge is 0.481 e. The molecule has 24 nitrogen and oxygen atoms in total. The highest BCUT2D eigenvalue weighted by Gasteiger charge is 2.39. The number of nitrogens with zero attached hydrogens (tertiary/aromatic N) is 3. The number of carboxylic acids is 1. The van der Waals surface area contributed by atoms with Crippen LogP contribution in [0.25, 0.3) is 0 Å². The summed E-state index contributed by atoms with van der Waals surface area (Å²) in [6.07, 6.45) is 4.40. The minimum Gasteiger partial charge on any atom is -0.481 e. The van der Waals surface area contributed by atoms with Gasteiger partial charge in [0, 0.05) is 73.9 Å². The molecule has 2 saturated heterocycles. The summed E-state index contributed by atoms with van der Waals surface area (Å²) in [5, 5.41) is 26.0. The van der Waals surface area contributed by atoms with E-state index in [1.54, 1.807) is 44.4 Å². The van der Waals surface area contributed by atoms with E-state index in [1.165, 1.54) is 36.1 Å². The van der Waals surface area contributed by atoms with Gasteiger partial charge in [0.2, 0.25) is 53.2 Å². The molecule has 0 radical (unpaired) electrons. The molecule has 1 aromatic heterocycles. The molecule has 0 aliphatic carbocycles. The first-order valence-electron chi connectivity index (χ1n) is 27.2. The van der Waals surface area contributed by atoms with Crippen LogP contribution in [0.2, 0.25) is 0 Å². The average molecular weight is 1160 g/mol. The van der Waals surface area contributed by atoms with Crippen LogP contribution in [0.4, 0.5) is 0 Å². The van der Waals surface area contributed by atoms with Crippen molar-refractivity contribution in [1.82, 2.24) is 51.7 Å². The summed E-state index contributed by atoms with van der Waals surface area (Å²) in [5.41, 5.74) is 21.5. The number of hydrogen-bond donors (Lipinski definition) is 11. The standard InChI is InChI=1S/C55H79N13O11S2/c1-31(2)46(49(58)73)65-53(77)43-9-7-19-67(43)44(69)18-21-80-27-36-14-10-34(11-15-36)24-59-25-35-12-16-37(17-13-35)28-81-29-41(55(79)68-20-6-8-42(68)48(57)72)64-51(75)39(22-38-26-60-30-61-38)63-54(78)47(32(3)4)66-52(76)40(23-45(70)71)62-50(74)33(5)56/h10-17,26,30-33,39-43,46-47,59H,6-9,18-25,27-29,56H2,1-5H3,(H2,57,72)(H2,58,73)(H,60,61)(H,62,74)(H,63,78)(H,64,75)(H,65,77)(H,66,76)(H,70,71)/t33-,39-,40-,41-,42-,43-,46-,47-/m0/s1. The Bertz CT molecular complexity index is 2640. The Morgan fingerprint density at radius 1 is 0.667 bits per heavy atom. The normalized spacial score (nSPS) is 17.3. The van der Waals surface area contributed by atoms with Crippen molar-refractivity contribution in [3.8, 4) is 0 Å². The summed E-state index contributed by atoms with van der Waals surface area (Å²) in [6, 6.07) is 7.55. The van der Waals surface area contributed by atoms with Gasteiger partial charge in [-0.1, -0.05) is 76.2 Å². The zero-order valence-electron chi connectivity index (χ0n) is 46.6. The predicted octanol–water partition coefficient (Wildman–Crippen LogP) is 0.309. The number of aromatic nitrogens is 2. The first-order valence-corrected chi connectivity index (χ1v) is 29.5. The van der Waals surface area contributed by atoms with Gasteiger partial charge >= 0.3 is 5.97 Å². The number of H-pyrrole nitrogens is 1. The number of hydrogen-bond acceptors (Lipinski definition) is 15. The summed E-state index contributed by atoms with van der Waals surface area (Å²) < 4.78 is 0. The Morgan fingerprint density at radius 3 is 1.75 bits per heavy atom. The van der Waals surface area contributed by atoms with Gasteiger partial charge in [0.15, 0.2) is 0 Å². The van der Waals surface area contributed by atoms with Gasteiger partial charge in [-0.2, -0.15) is 23.5 Å². The highest BCUT2D eigenvalue weighted by molar-refractivity contribution is 7.98. The number of aromatic amines is 1. The summed E-state index contributed by atoms with van der Waals surface area (Å²) in [7, 11) is 0. The maximum atomic E-state index is 14.3. The Labute approximate surface area is 480 Å². The lowest BCUT2D eigenvalue weighted by Crippen LogP contribution is -2.61. The van der Waals surface area contributed by atoms with E-state index < -0.39 is 108 Å². The molecule has 26 heteroatoms. The van der Waals surface area contributed by atoms with Crippen LogP contribution in [-0.4, -0.2) is 157 Å². The van der Waals surface area contributed by atoms with Crippen LogP contribution in [0.1, 0.15) is 101 Å². The van der Waals surface area contributed by atoms with Gasteiger partial charge in [-0.25, -0.2) is 4.98 Å². The lowest BCUT2D eigenvalue weighted by molar-refractivity contribution is -0.141. The number of carbonyl (C=O) groups is 10. The molecule has 2 aromatic carbocycles. The van der Waals surface area contributed by atoms with Crippen molar-refractivity contribution in [3.05, 3.63) is 89.0 Å². The fraction of sp³-hybridized carbons (Fsp3) is 0.545. The fourth-order valence-corrected chi connectivity index (χ4v) is 11.2. The third-order valence-corrected chi connectivity index (χ3v) is 16.0. The molecular weight excluding hydrogens is 1080 g/mol. The van der Waals surface area contributed by atoms with Gasteiger partial charge < -0.3 is 69.0 Å². The maximum Gasteiger partial charge on any atom is 0.305 e. The van der Waals surface area contributed by atoms with Crippen molar-refractivity contribution in [2.75, 3.05) is 24.6 Å². The Hall–Kier alpha value is -7.03. The lowest BCUT2D eigenvalue weighted by Gasteiger charge is -2.30. The number of nitrogens with one attached hydrogen (secondary N) is 7. The molecule has 5 rings (SSSR count). The van der Waals surface area contributed by atoms with Crippen molar-refractivity contribution in [1.29, 1.82) is 0 Å². The van der Waals surface area contributed by atoms with Crippen molar-refractivity contribution in [3.63, 3.8) is 0 Å². The van der Waals surface area contributed by atoms with E-state index in [0.29, 0.717) is 62.5 Å². The SMILES string of the molecule is CC(C)[C@H](NC(=O)[C@@H]1CCCN1C(=O)CCSCc1ccc(CNCc2ccc(CSC[C@H](NC(=O)[C@H](Cc3cnc[nH]3)NC(=O)[C@@H](NC(=O)[C@H](CC(=O)O)NC(=O)[C@H](C)N)C(C)C)C(=O)N3CCC[C@H]3C(N)=O)cc2)cc1)C(N)=O. The molecule has 8 atom stereocenters. The number of amides is 9. The van der Waals surface area contributed by atoms with Crippen LogP contribution in [-0.2, 0) is 79.0 Å². The summed E-state index contributed by atoms with van der Waals surface area (Å²) in [5.74, 6) is -5.78. The van der Waals surface area contributed by atoms with E-state index in [9.17, 15) is 53.1 Å². The first kappa shape index (κ1) is 64.8. The van der Waals surface area contributed by atoms with E-state index in [2.05, 4.69) is 66.1 Å². The molecule has 3 aromatic rings. The number of likely N-dealkylation sites (tertiary alicyclic amines) is 2. The number of aliphatic carboxylic acids is 1. The highest BCUT2D eigenvalue weighted by atomic mass is 32.2. The molecule has 3 heterocycles. The molecule has 442 valence electrons. The lowest BCUT2D eigenvalue weighted by atomic mass is 10.0. The number of carbonyl (C=O) groups excluding carboxylic acids is 9. The fourth-order valence-electron chi connectivity index (χ4n) is 9.34.